The molecule has 0 saturated heterocycles. The molecule has 0 radical (unpaired) electrons. The molecule has 0 aliphatic carbocycles. The van der Waals surface area contributed by atoms with E-state index in [2.05, 4.69) is 4.98 Å². The molecule has 1 aromatic heterocycles. The monoisotopic (exact) mass is 268 g/mol. The van der Waals surface area contributed by atoms with Crippen LogP contribution in [-0.4, -0.2) is 21.7 Å². The summed E-state index contributed by atoms with van der Waals surface area (Å²) in [5.74, 6) is -0.591. The number of benzene rings is 1. The van der Waals surface area contributed by atoms with E-state index in [4.69, 9.17) is 0 Å². The smallest absolute Gasteiger partial charge is 0.268 e. The number of fused-ring (bicyclic) bond motifs is 1. The van der Waals surface area contributed by atoms with Gasteiger partial charge >= 0.3 is 0 Å². The van der Waals surface area contributed by atoms with Crippen molar-refractivity contribution >= 4 is 11.8 Å². The summed E-state index contributed by atoms with van der Waals surface area (Å²) in [6.45, 7) is 4.29. The van der Waals surface area contributed by atoms with Crippen molar-refractivity contribution in [2.75, 3.05) is 0 Å². The highest BCUT2D eigenvalue weighted by Gasteiger charge is 2.36. The van der Waals surface area contributed by atoms with Crippen molar-refractivity contribution in [3.8, 4) is 0 Å². The molecule has 3 rings (SSSR count). The van der Waals surface area contributed by atoms with Crippen LogP contribution in [0.25, 0.3) is 0 Å². The normalized spacial score (nSPS) is 12.8. The van der Waals surface area contributed by atoms with Gasteiger partial charge in [-0.15, -0.1) is 0 Å². The third-order valence-electron chi connectivity index (χ3n) is 2.91. The van der Waals surface area contributed by atoms with E-state index in [9.17, 15) is 9.59 Å². The molecule has 4 nitrogen and oxygen atoms in total. The van der Waals surface area contributed by atoms with Crippen molar-refractivity contribution in [2.24, 2.45) is 0 Å². The Balaban J connectivity index is 0.000000704. The van der Waals surface area contributed by atoms with Gasteiger partial charge in [-0.3, -0.25) is 19.5 Å². The van der Waals surface area contributed by atoms with Gasteiger partial charge in [0.2, 0.25) is 0 Å². The summed E-state index contributed by atoms with van der Waals surface area (Å²) in [7, 11) is 0. The Morgan fingerprint density at radius 3 is 2.30 bits per heavy atom. The van der Waals surface area contributed by atoms with Crippen molar-refractivity contribution in [3.63, 3.8) is 0 Å². The molecular formula is C16H16N2O2. The van der Waals surface area contributed by atoms with Crippen LogP contribution < -0.4 is 0 Å². The number of carbonyl (C=O) groups is 2. The first kappa shape index (κ1) is 13.9. The largest absolute Gasteiger partial charge is 0.280 e. The summed E-state index contributed by atoms with van der Waals surface area (Å²) >= 11 is 0. The van der Waals surface area contributed by atoms with Gasteiger partial charge in [-0.25, -0.2) is 0 Å². The summed E-state index contributed by atoms with van der Waals surface area (Å²) in [6, 6.07) is 12.7. The molecule has 0 unspecified atom stereocenters. The third-order valence-corrected chi connectivity index (χ3v) is 2.91. The van der Waals surface area contributed by atoms with Crippen LogP contribution in [0.15, 0.2) is 48.7 Å². The maximum atomic E-state index is 12.1. The van der Waals surface area contributed by atoms with Crippen LogP contribution in [0.2, 0.25) is 0 Å². The Morgan fingerprint density at radius 1 is 0.950 bits per heavy atom. The van der Waals surface area contributed by atoms with E-state index in [-0.39, 0.29) is 24.1 Å². The van der Waals surface area contributed by atoms with E-state index >= 15 is 0 Å². The van der Waals surface area contributed by atoms with Crippen molar-refractivity contribution < 1.29 is 9.59 Å². The lowest BCUT2D eigenvalue weighted by Gasteiger charge is -2.13. The first-order chi connectivity index (χ1) is 9.77. The Morgan fingerprint density at radius 2 is 1.65 bits per heavy atom. The van der Waals surface area contributed by atoms with Crippen LogP contribution in [0.3, 0.4) is 0 Å². The van der Waals surface area contributed by atoms with E-state index in [0.29, 0.717) is 5.56 Å². The number of carbonyl (C=O) groups excluding carboxylic acids is 2. The first-order valence-corrected chi connectivity index (χ1v) is 6.62. The fourth-order valence-electron chi connectivity index (χ4n) is 2.02. The Labute approximate surface area is 118 Å². The highest BCUT2D eigenvalue weighted by Crippen LogP contribution is 2.22. The number of imide groups is 1. The second-order valence-electron chi connectivity index (χ2n) is 4.08. The average molecular weight is 268 g/mol. The quantitative estimate of drug-likeness (QED) is 0.787. The minimum atomic E-state index is -0.320. The minimum absolute atomic E-state index is 0.249. The van der Waals surface area contributed by atoms with Gasteiger partial charge in [0.25, 0.3) is 11.8 Å². The molecule has 20 heavy (non-hydrogen) atoms. The second kappa shape index (κ2) is 6.10. The standard InChI is InChI=1S/C14H10N2O2.C2H6/c17-13-11-7-4-8-15-12(11)14(18)16(13)9-10-5-2-1-3-6-10;1-2/h1-8H,9H2;1-2H3. The summed E-state index contributed by atoms with van der Waals surface area (Å²) in [5.41, 5.74) is 1.56. The molecule has 1 aliphatic heterocycles. The molecule has 0 atom stereocenters. The predicted molar refractivity (Wildman–Crippen MR) is 76.2 cm³/mol. The maximum Gasteiger partial charge on any atom is 0.280 e. The highest BCUT2D eigenvalue weighted by molar-refractivity contribution is 6.20. The number of hydrogen-bond acceptors (Lipinski definition) is 3. The zero-order valence-corrected chi connectivity index (χ0v) is 11.5. The van der Waals surface area contributed by atoms with Crippen LogP contribution >= 0.6 is 0 Å². The highest BCUT2D eigenvalue weighted by atomic mass is 16.2. The molecule has 102 valence electrons. The van der Waals surface area contributed by atoms with Crippen LogP contribution in [0.4, 0.5) is 0 Å². The van der Waals surface area contributed by atoms with Gasteiger partial charge in [0, 0.05) is 6.20 Å². The van der Waals surface area contributed by atoms with Crippen LogP contribution in [0.5, 0.6) is 0 Å². The molecule has 1 aliphatic rings. The lowest BCUT2D eigenvalue weighted by atomic mass is 10.2. The van der Waals surface area contributed by atoms with E-state index < -0.39 is 0 Å². The van der Waals surface area contributed by atoms with Gasteiger partial charge < -0.3 is 0 Å². The minimum Gasteiger partial charge on any atom is -0.268 e. The molecule has 0 N–H and O–H groups in total. The zero-order chi connectivity index (χ0) is 14.5. The molecule has 0 saturated carbocycles. The zero-order valence-electron chi connectivity index (χ0n) is 11.5. The summed E-state index contributed by atoms with van der Waals surface area (Å²) in [5, 5.41) is 0. The van der Waals surface area contributed by atoms with Crippen LogP contribution in [0, 0.1) is 0 Å². The molecule has 0 fully saturated rings. The molecule has 2 aromatic rings. The average Bonchev–Trinajstić information content (AvgIpc) is 2.76. The molecule has 4 heteroatoms. The number of amides is 2. The third kappa shape index (κ3) is 2.45. The summed E-state index contributed by atoms with van der Waals surface area (Å²) < 4.78 is 0. The number of pyridine rings is 1. The summed E-state index contributed by atoms with van der Waals surface area (Å²) in [6.07, 6.45) is 1.52. The van der Waals surface area contributed by atoms with Gasteiger partial charge in [0.1, 0.15) is 5.69 Å². The lowest BCUT2D eigenvalue weighted by molar-refractivity contribution is 0.0640. The molecule has 1 aromatic carbocycles. The molecule has 0 bridgehead atoms. The van der Waals surface area contributed by atoms with Gasteiger partial charge in [0.05, 0.1) is 12.1 Å². The van der Waals surface area contributed by atoms with Crippen LogP contribution in [0.1, 0.15) is 40.3 Å². The fourth-order valence-corrected chi connectivity index (χ4v) is 2.02. The van der Waals surface area contributed by atoms with E-state index in [1.807, 2.05) is 44.2 Å². The maximum absolute atomic E-state index is 12.1. The lowest BCUT2D eigenvalue weighted by Crippen LogP contribution is -2.29. The summed E-state index contributed by atoms with van der Waals surface area (Å²) in [4.78, 5) is 29.3. The molecule has 0 spiro atoms. The Bertz CT molecular complexity index is 588. The SMILES string of the molecule is CC.O=C1c2cccnc2C(=O)N1Cc1ccccc1. The van der Waals surface area contributed by atoms with E-state index in [0.717, 1.165) is 5.56 Å². The number of rotatable bonds is 2. The van der Waals surface area contributed by atoms with Crippen molar-refractivity contribution in [3.05, 3.63) is 65.5 Å². The fraction of sp³-hybridized carbons (Fsp3) is 0.188. The van der Waals surface area contributed by atoms with E-state index in [1.165, 1.54) is 11.1 Å². The van der Waals surface area contributed by atoms with Crippen molar-refractivity contribution in [2.45, 2.75) is 20.4 Å². The number of aromatic nitrogens is 1. The van der Waals surface area contributed by atoms with Gasteiger partial charge in [0.15, 0.2) is 0 Å². The van der Waals surface area contributed by atoms with Crippen molar-refractivity contribution in [1.82, 2.24) is 9.88 Å². The molecule has 2 heterocycles. The van der Waals surface area contributed by atoms with Gasteiger partial charge in [-0.1, -0.05) is 44.2 Å². The first-order valence-electron chi connectivity index (χ1n) is 6.62. The number of hydrogen-bond donors (Lipinski definition) is 0. The molecule has 2 amide bonds. The molecular weight excluding hydrogens is 252 g/mol. The van der Waals surface area contributed by atoms with Crippen molar-refractivity contribution in [1.29, 1.82) is 0 Å². The predicted octanol–water partition coefficient (Wildman–Crippen LogP) is 2.90. The second-order valence-corrected chi connectivity index (χ2v) is 4.08. The van der Waals surface area contributed by atoms with Crippen LogP contribution in [-0.2, 0) is 6.54 Å². The van der Waals surface area contributed by atoms with E-state index in [1.54, 1.807) is 12.1 Å². The van der Waals surface area contributed by atoms with Gasteiger partial charge in [-0.2, -0.15) is 0 Å². The topological polar surface area (TPSA) is 50.3 Å². The Kier molecular flexibility index (Phi) is 4.25. The van der Waals surface area contributed by atoms with Gasteiger partial charge in [-0.05, 0) is 17.7 Å². The number of nitrogens with zero attached hydrogens (tertiary/aromatic N) is 2. The Hall–Kier alpha value is -2.49.